The quantitative estimate of drug-likeness (QED) is 0.898. The zero-order chi connectivity index (χ0) is 13.3. The molecule has 0 radical (unpaired) electrons. The van der Waals surface area contributed by atoms with Crippen molar-refractivity contribution in [3.8, 4) is 11.5 Å². The van der Waals surface area contributed by atoms with Crippen molar-refractivity contribution in [2.75, 3.05) is 13.2 Å². The summed E-state index contributed by atoms with van der Waals surface area (Å²) in [6, 6.07) is 3.99. The van der Waals surface area contributed by atoms with Gasteiger partial charge in [-0.1, -0.05) is 25.4 Å². The van der Waals surface area contributed by atoms with Gasteiger partial charge in [0.05, 0.1) is 18.2 Å². The molecule has 18 heavy (non-hydrogen) atoms. The fourth-order valence-corrected chi connectivity index (χ4v) is 2.23. The lowest BCUT2D eigenvalue weighted by Crippen LogP contribution is -2.26. The summed E-state index contributed by atoms with van der Waals surface area (Å²) < 4.78 is 11.6. The largest absolute Gasteiger partial charge is 0.489 e. The predicted octanol–water partition coefficient (Wildman–Crippen LogP) is 3.03. The third-order valence-electron chi connectivity index (χ3n) is 2.85. The van der Waals surface area contributed by atoms with E-state index in [1.165, 1.54) is 0 Å². The summed E-state index contributed by atoms with van der Waals surface area (Å²) in [5, 5.41) is 0.598. The molecule has 1 aromatic carbocycles. The minimum atomic E-state index is -0.0102. The molecule has 0 spiro atoms. The molecular formula is C14H20ClNO2. The summed E-state index contributed by atoms with van der Waals surface area (Å²) in [4.78, 5) is 0. The van der Waals surface area contributed by atoms with Crippen LogP contribution in [0.5, 0.6) is 11.5 Å². The number of rotatable bonds is 2. The van der Waals surface area contributed by atoms with Gasteiger partial charge in [0.1, 0.15) is 0 Å². The van der Waals surface area contributed by atoms with Gasteiger partial charge in [-0.2, -0.15) is 0 Å². The van der Waals surface area contributed by atoms with Gasteiger partial charge in [-0.05, 0) is 31.0 Å². The van der Waals surface area contributed by atoms with Crippen molar-refractivity contribution in [3.63, 3.8) is 0 Å². The van der Waals surface area contributed by atoms with Crippen LogP contribution in [0.4, 0.5) is 0 Å². The van der Waals surface area contributed by atoms with Crippen LogP contribution in [0.2, 0.25) is 5.02 Å². The number of halogens is 1. The van der Waals surface area contributed by atoms with Gasteiger partial charge in [-0.3, -0.25) is 0 Å². The van der Waals surface area contributed by atoms with Gasteiger partial charge in [0.15, 0.2) is 11.5 Å². The number of ether oxygens (including phenoxy) is 2. The molecular weight excluding hydrogens is 250 g/mol. The van der Waals surface area contributed by atoms with E-state index in [0.29, 0.717) is 24.0 Å². The summed E-state index contributed by atoms with van der Waals surface area (Å²) in [5.41, 5.74) is 6.88. The van der Waals surface area contributed by atoms with Gasteiger partial charge < -0.3 is 15.2 Å². The highest BCUT2D eigenvalue weighted by Gasteiger charge is 2.26. The van der Waals surface area contributed by atoms with E-state index in [9.17, 15) is 0 Å². The molecule has 1 aromatic rings. The van der Waals surface area contributed by atoms with Gasteiger partial charge in [0.2, 0.25) is 0 Å². The summed E-state index contributed by atoms with van der Waals surface area (Å²) in [7, 11) is 0. The SMILES string of the molecule is CC(N)Cc1cc(Cl)c2c(c1)OCC(C)(C)CO2. The van der Waals surface area contributed by atoms with E-state index < -0.39 is 0 Å². The summed E-state index contributed by atoms with van der Waals surface area (Å²) >= 11 is 6.25. The molecule has 0 bridgehead atoms. The molecule has 3 nitrogen and oxygen atoms in total. The van der Waals surface area contributed by atoms with E-state index >= 15 is 0 Å². The summed E-state index contributed by atoms with van der Waals surface area (Å²) in [6.45, 7) is 7.41. The molecule has 0 aliphatic carbocycles. The maximum Gasteiger partial charge on any atom is 0.179 e. The maximum atomic E-state index is 6.25. The number of nitrogens with two attached hydrogens (primary N) is 1. The first-order valence-electron chi connectivity index (χ1n) is 6.21. The normalized spacial score (nSPS) is 19.2. The van der Waals surface area contributed by atoms with Crippen molar-refractivity contribution >= 4 is 11.6 Å². The molecule has 0 saturated carbocycles. The van der Waals surface area contributed by atoms with Crippen molar-refractivity contribution in [3.05, 3.63) is 22.7 Å². The molecule has 100 valence electrons. The van der Waals surface area contributed by atoms with Crippen LogP contribution in [0.1, 0.15) is 26.3 Å². The Hall–Kier alpha value is -0.930. The lowest BCUT2D eigenvalue weighted by Gasteiger charge is -2.19. The molecule has 2 N–H and O–H groups in total. The second-order valence-corrected chi connectivity index (χ2v) is 6.24. The zero-order valence-corrected chi connectivity index (χ0v) is 11.9. The first-order chi connectivity index (χ1) is 8.37. The predicted molar refractivity (Wildman–Crippen MR) is 73.6 cm³/mol. The first kappa shape index (κ1) is 13.5. The Morgan fingerprint density at radius 2 is 2.00 bits per heavy atom. The van der Waals surface area contributed by atoms with E-state index in [-0.39, 0.29) is 11.5 Å². The van der Waals surface area contributed by atoms with Crippen LogP contribution >= 0.6 is 11.6 Å². The van der Waals surface area contributed by atoms with Gasteiger partial charge in [0, 0.05) is 11.5 Å². The number of hydrogen-bond acceptors (Lipinski definition) is 3. The molecule has 0 amide bonds. The van der Waals surface area contributed by atoms with Crippen molar-refractivity contribution in [1.29, 1.82) is 0 Å². The van der Waals surface area contributed by atoms with Gasteiger partial charge >= 0.3 is 0 Å². The Morgan fingerprint density at radius 1 is 1.33 bits per heavy atom. The summed E-state index contributed by atoms with van der Waals surface area (Å²) in [6.07, 6.45) is 0.778. The standard InChI is InChI=1S/C14H20ClNO2/c1-9(16)4-10-5-11(15)13-12(6-10)17-7-14(2,3)8-18-13/h5-6,9H,4,7-8,16H2,1-3H3. The minimum absolute atomic E-state index is 0.0102. The van der Waals surface area contributed by atoms with Crippen molar-refractivity contribution in [2.45, 2.75) is 33.2 Å². The molecule has 0 saturated heterocycles. The van der Waals surface area contributed by atoms with Crippen molar-refractivity contribution in [2.24, 2.45) is 11.1 Å². The smallest absolute Gasteiger partial charge is 0.179 e. The molecule has 1 aliphatic heterocycles. The molecule has 1 aliphatic rings. The molecule has 0 fully saturated rings. The lowest BCUT2D eigenvalue weighted by molar-refractivity contribution is 0.140. The van der Waals surface area contributed by atoms with Crippen molar-refractivity contribution in [1.82, 2.24) is 0 Å². The van der Waals surface area contributed by atoms with Gasteiger partial charge in [-0.15, -0.1) is 0 Å². The van der Waals surface area contributed by atoms with Crippen LogP contribution in [0.3, 0.4) is 0 Å². The number of fused-ring (bicyclic) bond motifs is 1. The molecule has 4 heteroatoms. The molecule has 0 aromatic heterocycles. The fraction of sp³-hybridized carbons (Fsp3) is 0.571. The van der Waals surface area contributed by atoms with Gasteiger partial charge in [-0.25, -0.2) is 0 Å². The average molecular weight is 270 g/mol. The van der Waals surface area contributed by atoms with Crippen LogP contribution in [-0.4, -0.2) is 19.3 Å². The minimum Gasteiger partial charge on any atom is -0.489 e. The molecule has 1 unspecified atom stereocenters. The first-order valence-corrected chi connectivity index (χ1v) is 6.59. The topological polar surface area (TPSA) is 44.5 Å². The average Bonchev–Trinajstić information content (AvgIpc) is 2.37. The third kappa shape index (κ3) is 3.09. The fourth-order valence-electron chi connectivity index (χ4n) is 1.94. The van der Waals surface area contributed by atoms with Crippen LogP contribution in [0, 0.1) is 5.41 Å². The van der Waals surface area contributed by atoms with Crippen LogP contribution in [0.25, 0.3) is 0 Å². The van der Waals surface area contributed by atoms with Crippen LogP contribution in [0.15, 0.2) is 12.1 Å². The Labute approximate surface area is 113 Å². The highest BCUT2D eigenvalue weighted by molar-refractivity contribution is 6.32. The Bertz CT molecular complexity index is 444. The Kier molecular flexibility index (Phi) is 3.74. The molecule has 1 heterocycles. The summed E-state index contributed by atoms with van der Waals surface area (Å²) in [5.74, 6) is 1.37. The van der Waals surface area contributed by atoms with Crippen LogP contribution in [-0.2, 0) is 6.42 Å². The van der Waals surface area contributed by atoms with Crippen molar-refractivity contribution < 1.29 is 9.47 Å². The molecule has 2 rings (SSSR count). The maximum absolute atomic E-state index is 6.25. The monoisotopic (exact) mass is 269 g/mol. The second kappa shape index (κ2) is 4.98. The van der Waals surface area contributed by atoms with Gasteiger partial charge in [0.25, 0.3) is 0 Å². The van der Waals surface area contributed by atoms with E-state index in [1.54, 1.807) is 0 Å². The zero-order valence-electron chi connectivity index (χ0n) is 11.1. The molecule has 1 atom stereocenters. The Balaban J connectivity index is 2.31. The van der Waals surface area contributed by atoms with E-state index in [2.05, 4.69) is 13.8 Å². The van der Waals surface area contributed by atoms with E-state index in [0.717, 1.165) is 17.7 Å². The third-order valence-corrected chi connectivity index (χ3v) is 3.13. The number of hydrogen-bond donors (Lipinski definition) is 1. The van der Waals surface area contributed by atoms with E-state index in [1.807, 2.05) is 19.1 Å². The second-order valence-electron chi connectivity index (χ2n) is 5.83. The highest BCUT2D eigenvalue weighted by Crippen LogP contribution is 2.40. The van der Waals surface area contributed by atoms with E-state index in [4.69, 9.17) is 26.8 Å². The highest BCUT2D eigenvalue weighted by atomic mass is 35.5. The number of benzene rings is 1. The van der Waals surface area contributed by atoms with Crippen LogP contribution < -0.4 is 15.2 Å². The Morgan fingerprint density at radius 3 is 2.67 bits per heavy atom. The lowest BCUT2D eigenvalue weighted by atomic mass is 9.97.